The standard InChI is InChI=1S/C17H12FNO2S/c18-15-9-5-4-8-14(15)17(20)21-10-13-11-22-16(19-13)12-6-2-1-3-7-12/h1-9,11H,10H2. The highest BCUT2D eigenvalue weighted by Crippen LogP contribution is 2.23. The van der Waals surface area contributed by atoms with Gasteiger partial charge in [-0.1, -0.05) is 42.5 Å². The van der Waals surface area contributed by atoms with Gasteiger partial charge in [-0.15, -0.1) is 11.3 Å². The Morgan fingerprint density at radius 2 is 1.82 bits per heavy atom. The maximum Gasteiger partial charge on any atom is 0.341 e. The molecule has 0 spiro atoms. The second kappa shape index (κ2) is 6.49. The second-order valence-corrected chi connectivity index (χ2v) is 5.42. The molecule has 1 aromatic heterocycles. The van der Waals surface area contributed by atoms with E-state index in [0.29, 0.717) is 5.69 Å². The quantitative estimate of drug-likeness (QED) is 0.674. The van der Waals surface area contributed by atoms with Gasteiger partial charge in [0, 0.05) is 10.9 Å². The molecule has 0 aliphatic carbocycles. The van der Waals surface area contributed by atoms with Crippen molar-refractivity contribution in [3.63, 3.8) is 0 Å². The van der Waals surface area contributed by atoms with Gasteiger partial charge in [0.05, 0.1) is 11.3 Å². The molecular weight excluding hydrogens is 301 g/mol. The van der Waals surface area contributed by atoms with Gasteiger partial charge in [0.2, 0.25) is 0 Å². The third-order valence-corrected chi connectivity index (χ3v) is 3.96. The summed E-state index contributed by atoms with van der Waals surface area (Å²) in [6, 6.07) is 15.5. The molecule has 0 N–H and O–H groups in total. The minimum absolute atomic E-state index is 0.0243. The normalized spacial score (nSPS) is 10.4. The minimum Gasteiger partial charge on any atom is -0.455 e. The van der Waals surface area contributed by atoms with Crippen LogP contribution in [0, 0.1) is 5.82 Å². The first-order chi connectivity index (χ1) is 10.7. The average Bonchev–Trinajstić information content (AvgIpc) is 3.03. The van der Waals surface area contributed by atoms with Crippen LogP contribution < -0.4 is 0 Å². The molecule has 0 atom stereocenters. The van der Waals surface area contributed by atoms with Crippen molar-refractivity contribution < 1.29 is 13.9 Å². The molecule has 0 saturated heterocycles. The van der Waals surface area contributed by atoms with Crippen molar-refractivity contribution >= 4 is 17.3 Å². The van der Waals surface area contributed by atoms with Gasteiger partial charge >= 0.3 is 5.97 Å². The van der Waals surface area contributed by atoms with Crippen LogP contribution in [-0.2, 0) is 11.3 Å². The summed E-state index contributed by atoms with van der Waals surface area (Å²) in [5.41, 5.74) is 1.59. The lowest BCUT2D eigenvalue weighted by molar-refractivity contribution is 0.0463. The highest BCUT2D eigenvalue weighted by Gasteiger charge is 2.13. The van der Waals surface area contributed by atoms with E-state index in [1.165, 1.54) is 29.5 Å². The van der Waals surface area contributed by atoms with Crippen LogP contribution >= 0.6 is 11.3 Å². The van der Waals surface area contributed by atoms with Crippen molar-refractivity contribution in [2.75, 3.05) is 0 Å². The third-order valence-electron chi connectivity index (χ3n) is 3.02. The van der Waals surface area contributed by atoms with Crippen molar-refractivity contribution in [2.45, 2.75) is 6.61 Å². The Labute approximate surface area is 131 Å². The number of rotatable bonds is 4. The van der Waals surface area contributed by atoms with Gasteiger partial charge in [-0.2, -0.15) is 0 Å². The SMILES string of the molecule is O=C(OCc1csc(-c2ccccc2)n1)c1ccccc1F. The fourth-order valence-electron chi connectivity index (χ4n) is 1.93. The Balaban J connectivity index is 1.67. The number of aromatic nitrogens is 1. The van der Waals surface area contributed by atoms with E-state index in [-0.39, 0.29) is 12.2 Å². The summed E-state index contributed by atoms with van der Waals surface area (Å²) in [4.78, 5) is 16.2. The Hall–Kier alpha value is -2.53. The van der Waals surface area contributed by atoms with Gasteiger partial charge in [-0.05, 0) is 12.1 Å². The predicted octanol–water partition coefficient (Wildman–Crippen LogP) is 4.31. The van der Waals surface area contributed by atoms with Crippen molar-refractivity contribution in [3.05, 3.63) is 77.1 Å². The number of carbonyl (C=O) groups is 1. The number of ether oxygens (including phenoxy) is 1. The zero-order chi connectivity index (χ0) is 15.4. The molecule has 0 fully saturated rings. The van der Waals surface area contributed by atoms with Crippen LogP contribution in [0.25, 0.3) is 10.6 Å². The molecule has 2 aromatic carbocycles. The van der Waals surface area contributed by atoms with Gasteiger partial charge in [0.25, 0.3) is 0 Å². The van der Waals surface area contributed by atoms with Crippen LogP contribution in [0.5, 0.6) is 0 Å². The molecular formula is C17H12FNO2S. The van der Waals surface area contributed by atoms with Crippen LogP contribution in [0.4, 0.5) is 4.39 Å². The minimum atomic E-state index is -0.688. The molecule has 0 unspecified atom stereocenters. The van der Waals surface area contributed by atoms with Crippen molar-refractivity contribution in [1.82, 2.24) is 4.98 Å². The lowest BCUT2D eigenvalue weighted by Gasteiger charge is -2.03. The largest absolute Gasteiger partial charge is 0.455 e. The maximum absolute atomic E-state index is 13.5. The number of halogens is 1. The van der Waals surface area contributed by atoms with E-state index in [2.05, 4.69) is 4.98 Å². The molecule has 110 valence electrons. The van der Waals surface area contributed by atoms with Gasteiger partial charge in [-0.3, -0.25) is 0 Å². The van der Waals surface area contributed by atoms with Gasteiger partial charge in [-0.25, -0.2) is 14.2 Å². The van der Waals surface area contributed by atoms with E-state index >= 15 is 0 Å². The zero-order valence-electron chi connectivity index (χ0n) is 11.5. The Bertz CT molecular complexity index is 786. The molecule has 5 heteroatoms. The molecule has 1 heterocycles. The fourth-order valence-corrected chi connectivity index (χ4v) is 2.74. The molecule has 0 aliphatic rings. The molecule has 0 radical (unpaired) electrons. The zero-order valence-corrected chi connectivity index (χ0v) is 12.3. The smallest absolute Gasteiger partial charge is 0.341 e. The molecule has 0 aliphatic heterocycles. The summed E-state index contributed by atoms with van der Waals surface area (Å²) >= 11 is 1.48. The topological polar surface area (TPSA) is 39.2 Å². The van der Waals surface area contributed by atoms with E-state index in [1.807, 2.05) is 35.7 Å². The predicted molar refractivity (Wildman–Crippen MR) is 83.1 cm³/mol. The third kappa shape index (κ3) is 3.20. The number of nitrogens with zero attached hydrogens (tertiary/aromatic N) is 1. The highest BCUT2D eigenvalue weighted by atomic mass is 32.1. The fraction of sp³-hybridized carbons (Fsp3) is 0.0588. The van der Waals surface area contributed by atoms with Gasteiger partial charge < -0.3 is 4.74 Å². The number of hydrogen-bond donors (Lipinski definition) is 0. The van der Waals surface area contributed by atoms with Gasteiger partial charge in [0.1, 0.15) is 17.4 Å². The monoisotopic (exact) mass is 313 g/mol. The van der Waals surface area contributed by atoms with Crippen LogP contribution in [0.3, 0.4) is 0 Å². The Morgan fingerprint density at radius 3 is 2.59 bits per heavy atom. The molecule has 0 bridgehead atoms. The highest BCUT2D eigenvalue weighted by molar-refractivity contribution is 7.13. The number of thiazole rings is 1. The second-order valence-electron chi connectivity index (χ2n) is 4.57. The lowest BCUT2D eigenvalue weighted by Crippen LogP contribution is -2.07. The van der Waals surface area contributed by atoms with Crippen molar-refractivity contribution in [2.24, 2.45) is 0 Å². The Morgan fingerprint density at radius 1 is 1.09 bits per heavy atom. The van der Waals surface area contributed by atoms with E-state index in [9.17, 15) is 9.18 Å². The number of hydrogen-bond acceptors (Lipinski definition) is 4. The van der Waals surface area contributed by atoms with Crippen molar-refractivity contribution in [1.29, 1.82) is 0 Å². The molecule has 0 saturated carbocycles. The maximum atomic E-state index is 13.5. The van der Waals surface area contributed by atoms with Crippen LogP contribution in [-0.4, -0.2) is 11.0 Å². The number of carbonyl (C=O) groups excluding carboxylic acids is 1. The molecule has 3 aromatic rings. The van der Waals surface area contributed by atoms with Gasteiger partial charge in [0.15, 0.2) is 0 Å². The summed E-state index contributed by atoms with van der Waals surface area (Å²) in [5, 5.41) is 2.69. The Kier molecular flexibility index (Phi) is 4.25. The summed E-state index contributed by atoms with van der Waals surface area (Å²) in [6.45, 7) is 0.0243. The molecule has 3 nitrogen and oxygen atoms in total. The first-order valence-corrected chi connectivity index (χ1v) is 7.53. The molecule has 3 rings (SSSR count). The molecule has 0 amide bonds. The van der Waals surface area contributed by atoms with Crippen molar-refractivity contribution in [3.8, 4) is 10.6 Å². The van der Waals surface area contributed by atoms with Crippen LogP contribution in [0.1, 0.15) is 16.1 Å². The first kappa shape index (κ1) is 14.4. The van der Waals surface area contributed by atoms with E-state index < -0.39 is 11.8 Å². The first-order valence-electron chi connectivity index (χ1n) is 6.65. The number of benzene rings is 2. The summed E-state index contributed by atoms with van der Waals surface area (Å²) in [5.74, 6) is -1.27. The van der Waals surface area contributed by atoms with E-state index in [0.717, 1.165) is 10.6 Å². The van der Waals surface area contributed by atoms with E-state index in [4.69, 9.17) is 4.74 Å². The van der Waals surface area contributed by atoms with E-state index in [1.54, 1.807) is 6.07 Å². The summed E-state index contributed by atoms with van der Waals surface area (Å²) < 4.78 is 18.6. The average molecular weight is 313 g/mol. The van der Waals surface area contributed by atoms with Crippen LogP contribution in [0.2, 0.25) is 0 Å². The summed E-state index contributed by atoms with van der Waals surface area (Å²) in [7, 11) is 0. The summed E-state index contributed by atoms with van der Waals surface area (Å²) in [6.07, 6.45) is 0. The van der Waals surface area contributed by atoms with Crippen LogP contribution in [0.15, 0.2) is 60.0 Å². The lowest BCUT2D eigenvalue weighted by atomic mass is 10.2. The molecule has 22 heavy (non-hydrogen) atoms. The number of esters is 1.